The number of hydrogen-bond acceptors (Lipinski definition) is 3. The zero-order valence-electron chi connectivity index (χ0n) is 12.2. The highest BCUT2D eigenvalue weighted by molar-refractivity contribution is 7.89. The number of aliphatic hydroxyl groups is 1. The van der Waals surface area contributed by atoms with E-state index in [1.54, 1.807) is 13.0 Å². The fourth-order valence-corrected chi connectivity index (χ4v) is 3.61. The molecule has 0 aromatic heterocycles. The molecular formula is C14H23NO3S. The van der Waals surface area contributed by atoms with Crippen LogP contribution in [0.3, 0.4) is 0 Å². The van der Waals surface area contributed by atoms with Crippen LogP contribution in [0, 0.1) is 13.8 Å². The van der Waals surface area contributed by atoms with Crippen LogP contribution in [-0.4, -0.2) is 19.1 Å². The Morgan fingerprint density at radius 3 is 2.32 bits per heavy atom. The summed E-state index contributed by atoms with van der Waals surface area (Å²) >= 11 is 0. The van der Waals surface area contributed by atoms with Crippen molar-refractivity contribution in [2.45, 2.75) is 58.1 Å². The van der Waals surface area contributed by atoms with Gasteiger partial charge in [0.15, 0.2) is 0 Å². The number of rotatable bonds is 5. The predicted molar refractivity (Wildman–Crippen MR) is 76.5 cm³/mol. The van der Waals surface area contributed by atoms with E-state index < -0.39 is 15.6 Å². The maximum absolute atomic E-state index is 12.5. The second kappa shape index (κ2) is 5.61. The van der Waals surface area contributed by atoms with Gasteiger partial charge in [-0.25, -0.2) is 13.1 Å². The van der Waals surface area contributed by atoms with E-state index in [0.29, 0.717) is 12.0 Å². The highest BCUT2D eigenvalue weighted by Gasteiger charge is 2.26. The molecule has 0 atom stereocenters. The summed E-state index contributed by atoms with van der Waals surface area (Å²) in [6, 6.07) is 3.34. The molecule has 0 aliphatic heterocycles. The van der Waals surface area contributed by atoms with Crippen molar-refractivity contribution in [1.29, 1.82) is 0 Å². The summed E-state index contributed by atoms with van der Waals surface area (Å²) in [4.78, 5) is 0.248. The van der Waals surface area contributed by atoms with E-state index in [0.717, 1.165) is 11.1 Å². The standard InChI is InChI=1S/C14H23NO3S/c1-6-14(4,5)15-19(17,18)13-8-12(9-16)7-10(2)11(13)3/h7-8,15-16H,6,9H2,1-5H3. The molecule has 19 heavy (non-hydrogen) atoms. The second-order valence-electron chi connectivity index (χ2n) is 5.54. The number of sulfonamides is 1. The van der Waals surface area contributed by atoms with Crippen LogP contribution in [0.15, 0.2) is 17.0 Å². The SMILES string of the molecule is CCC(C)(C)NS(=O)(=O)c1cc(CO)cc(C)c1C. The first kappa shape index (κ1) is 16.1. The molecule has 108 valence electrons. The molecule has 1 aromatic carbocycles. The molecule has 0 unspecified atom stereocenters. The Labute approximate surface area is 115 Å². The van der Waals surface area contributed by atoms with E-state index in [1.807, 2.05) is 27.7 Å². The summed E-state index contributed by atoms with van der Waals surface area (Å²) in [5, 5.41) is 9.21. The molecule has 0 bridgehead atoms. The fraction of sp³-hybridized carbons (Fsp3) is 0.571. The van der Waals surface area contributed by atoms with Crippen molar-refractivity contribution in [1.82, 2.24) is 4.72 Å². The van der Waals surface area contributed by atoms with Crippen LogP contribution in [0.1, 0.15) is 43.9 Å². The van der Waals surface area contributed by atoms with Crippen LogP contribution in [0.5, 0.6) is 0 Å². The van der Waals surface area contributed by atoms with Crippen molar-refractivity contribution in [2.24, 2.45) is 0 Å². The average Bonchev–Trinajstić information content (AvgIpc) is 2.31. The Kier molecular flexibility index (Phi) is 4.76. The number of benzene rings is 1. The third-order valence-electron chi connectivity index (χ3n) is 3.45. The molecule has 2 N–H and O–H groups in total. The van der Waals surface area contributed by atoms with Crippen LogP contribution in [-0.2, 0) is 16.6 Å². The smallest absolute Gasteiger partial charge is 0.241 e. The molecule has 0 saturated carbocycles. The number of aryl methyl sites for hydroxylation is 1. The Morgan fingerprint density at radius 2 is 1.84 bits per heavy atom. The van der Waals surface area contributed by atoms with Crippen LogP contribution in [0.4, 0.5) is 0 Å². The van der Waals surface area contributed by atoms with Gasteiger partial charge < -0.3 is 5.11 Å². The number of aliphatic hydroxyl groups excluding tert-OH is 1. The molecule has 0 aliphatic carbocycles. The first-order valence-electron chi connectivity index (χ1n) is 6.38. The summed E-state index contributed by atoms with van der Waals surface area (Å²) in [7, 11) is -3.58. The molecule has 1 aromatic rings. The number of hydrogen-bond donors (Lipinski definition) is 2. The molecule has 0 saturated heterocycles. The third-order valence-corrected chi connectivity index (χ3v) is 5.27. The Bertz CT molecular complexity index is 562. The fourth-order valence-electron chi connectivity index (χ4n) is 1.76. The van der Waals surface area contributed by atoms with E-state index in [4.69, 9.17) is 0 Å². The second-order valence-corrected chi connectivity index (χ2v) is 7.19. The van der Waals surface area contributed by atoms with E-state index in [2.05, 4.69) is 4.72 Å². The molecule has 0 spiro atoms. The molecule has 0 aliphatic rings. The van der Waals surface area contributed by atoms with Crippen LogP contribution in [0.2, 0.25) is 0 Å². The van der Waals surface area contributed by atoms with Gasteiger partial charge in [0.25, 0.3) is 0 Å². The lowest BCUT2D eigenvalue weighted by atomic mass is 10.0. The van der Waals surface area contributed by atoms with Crippen molar-refractivity contribution in [3.05, 3.63) is 28.8 Å². The van der Waals surface area contributed by atoms with Gasteiger partial charge in [0.05, 0.1) is 11.5 Å². The minimum atomic E-state index is -3.58. The highest BCUT2D eigenvalue weighted by Crippen LogP contribution is 2.23. The molecule has 0 heterocycles. The van der Waals surface area contributed by atoms with E-state index in [9.17, 15) is 13.5 Å². The lowest BCUT2D eigenvalue weighted by Gasteiger charge is -2.25. The van der Waals surface area contributed by atoms with Crippen LogP contribution < -0.4 is 4.72 Å². The van der Waals surface area contributed by atoms with E-state index in [1.165, 1.54) is 6.07 Å². The minimum absolute atomic E-state index is 0.166. The lowest BCUT2D eigenvalue weighted by Crippen LogP contribution is -2.42. The van der Waals surface area contributed by atoms with Crippen molar-refractivity contribution in [2.75, 3.05) is 0 Å². The topological polar surface area (TPSA) is 66.4 Å². The van der Waals surface area contributed by atoms with Crippen LogP contribution >= 0.6 is 0 Å². The van der Waals surface area contributed by atoms with Gasteiger partial charge in [-0.1, -0.05) is 13.0 Å². The summed E-state index contributed by atoms with van der Waals surface area (Å²) in [5.41, 5.74) is 1.70. The minimum Gasteiger partial charge on any atom is -0.392 e. The maximum Gasteiger partial charge on any atom is 0.241 e. The predicted octanol–water partition coefficient (Wildman–Crippen LogP) is 2.26. The summed E-state index contributed by atoms with van der Waals surface area (Å²) in [6.07, 6.45) is 0.698. The van der Waals surface area contributed by atoms with Gasteiger partial charge in [0.1, 0.15) is 0 Å². The first-order valence-corrected chi connectivity index (χ1v) is 7.86. The van der Waals surface area contributed by atoms with E-state index >= 15 is 0 Å². The molecule has 4 nitrogen and oxygen atoms in total. The van der Waals surface area contributed by atoms with Gasteiger partial charge >= 0.3 is 0 Å². The largest absolute Gasteiger partial charge is 0.392 e. The first-order chi connectivity index (χ1) is 8.63. The van der Waals surface area contributed by atoms with Gasteiger partial charge in [-0.05, 0) is 56.9 Å². The summed E-state index contributed by atoms with van der Waals surface area (Å²) in [5.74, 6) is 0. The molecule has 5 heteroatoms. The van der Waals surface area contributed by atoms with Gasteiger partial charge in [-0.15, -0.1) is 0 Å². The molecule has 0 fully saturated rings. The molecule has 0 radical (unpaired) electrons. The summed E-state index contributed by atoms with van der Waals surface area (Å²) in [6.45, 7) is 9.10. The monoisotopic (exact) mass is 285 g/mol. The van der Waals surface area contributed by atoms with Crippen molar-refractivity contribution in [3.8, 4) is 0 Å². The summed E-state index contributed by atoms with van der Waals surface area (Å²) < 4.78 is 27.6. The highest BCUT2D eigenvalue weighted by atomic mass is 32.2. The normalized spacial score (nSPS) is 12.7. The van der Waals surface area contributed by atoms with Crippen LogP contribution in [0.25, 0.3) is 0 Å². The quantitative estimate of drug-likeness (QED) is 0.872. The number of nitrogens with one attached hydrogen (secondary N) is 1. The lowest BCUT2D eigenvalue weighted by molar-refractivity contribution is 0.281. The van der Waals surface area contributed by atoms with Crippen molar-refractivity contribution in [3.63, 3.8) is 0 Å². The average molecular weight is 285 g/mol. The molecule has 1 rings (SSSR count). The zero-order chi connectivity index (χ0) is 14.8. The maximum atomic E-state index is 12.5. The van der Waals surface area contributed by atoms with Crippen molar-refractivity contribution < 1.29 is 13.5 Å². The Hall–Kier alpha value is -0.910. The Balaban J connectivity index is 3.33. The van der Waals surface area contributed by atoms with Gasteiger partial charge in [0.2, 0.25) is 10.0 Å². The van der Waals surface area contributed by atoms with E-state index in [-0.39, 0.29) is 11.5 Å². The van der Waals surface area contributed by atoms with Crippen molar-refractivity contribution >= 4 is 10.0 Å². The Morgan fingerprint density at radius 1 is 1.26 bits per heavy atom. The third kappa shape index (κ3) is 3.78. The molecular weight excluding hydrogens is 262 g/mol. The van der Waals surface area contributed by atoms with Gasteiger partial charge in [0, 0.05) is 5.54 Å². The molecule has 0 amide bonds. The van der Waals surface area contributed by atoms with Gasteiger partial charge in [-0.2, -0.15) is 0 Å². The van der Waals surface area contributed by atoms with Gasteiger partial charge in [-0.3, -0.25) is 0 Å². The zero-order valence-corrected chi connectivity index (χ0v) is 13.1.